The van der Waals surface area contributed by atoms with Crippen molar-refractivity contribution in [2.24, 2.45) is 0 Å². The first kappa shape index (κ1) is 13.7. The highest BCUT2D eigenvalue weighted by atomic mass is 32.2. The Kier molecular flexibility index (Phi) is 3.74. The van der Waals surface area contributed by atoms with E-state index in [1.165, 1.54) is 24.6 Å². The molecule has 4 rings (SSSR count). The molecular formula is C15H13N5S2. The Hall–Kier alpha value is -1.99. The van der Waals surface area contributed by atoms with E-state index in [1.807, 2.05) is 36.4 Å². The molecule has 5 nitrogen and oxygen atoms in total. The first-order valence-electron chi connectivity index (χ1n) is 7.03. The van der Waals surface area contributed by atoms with E-state index >= 15 is 0 Å². The van der Waals surface area contributed by atoms with Gasteiger partial charge in [-0.15, -0.1) is 10.2 Å². The van der Waals surface area contributed by atoms with Gasteiger partial charge in [-0.05, 0) is 30.7 Å². The molecule has 7 heteroatoms. The molecule has 2 heterocycles. The molecule has 0 bridgehead atoms. The monoisotopic (exact) mass is 327 g/mol. The Morgan fingerprint density at radius 1 is 1.09 bits per heavy atom. The maximum absolute atomic E-state index is 4.59. The summed E-state index contributed by atoms with van der Waals surface area (Å²) in [6, 6.07) is 12.5. The van der Waals surface area contributed by atoms with Crippen LogP contribution >= 0.6 is 23.1 Å². The SMILES string of the molecule is c1ccc(-c2nccc(Sc3nnc(NC4CC4)s3)n2)cc1. The van der Waals surface area contributed by atoms with Crippen LogP contribution in [0.4, 0.5) is 5.13 Å². The zero-order chi connectivity index (χ0) is 14.8. The fourth-order valence-electron chi connectivity index (χ4n) is 1.93. The fraction of sp³-hybridized carbons (Fsp3) is 0.200. The van der Waals surface area contributed by atoms with Gasteiger partial charge in [-0.25, -0.2) is 9.97 Å². The minimum atomic E-state index is 0.592. The lowest BCUT2D eigenvalue weighted by Crippen LogP contribution is -1.99. The van der Waals surface area contributed by atoms with E-state index in [-0.39, 0.29) is 0 Å². The second-order valence-corrected chi connectivity index (χ2v) is 7.22. The first-order valence-corrected chi connectivity index (χ1v) is 8.66. The molecule has 2 aromatic heterocycles. The third-order valence-corrected chi connectivity index (χ3v) is 5.01. The Labute approximate surface area is 136 Å². The second kappa shape index (κ2) is 6.02. The van der Waals surface area contributed by atoms with Gasteiger partial charge in [0.25, 0.3) is 0 Å². The van der Waals surface area contributed by atoms with E-state index in [0.29, 0.717) is 6.04 Å². The van der Waals surface area contributed by atoms with Crippen molar-refractivity contribution in [1.29, 1.82) is 0 Å². The number of hydrogen-bond donors (Lipinski definition) is 1. The predicted molar refractivity (Wildman–Crippen MR) is 88.1 cm³/mol. The minimum Gasteiger partial charge on any atom is -0.357 e. The lowest BCUT2D eigenvalue weighted by molar-refractivity contribution is 0.988. The normalized spacial score (nSPS) is 14.0. The van der Waals surface area contributed by atoms with Crippen molar-refractivity contribution in [3.63, 3.8) is 0 Å². The molecule has 0 unspecified atom stereocenters. The summed E-state index contributed by atoms with van der Waals surface area (Å²) in [6.07, 6.45) is 4.24. The molecule has 0 spiro atoms. The van der Waals surface area contributed by atoms with Gasteiger partial charge in [0, 0.05) is 17.8 Å². The molecule has 1 aliphatic rings. The summed E-state index contributed by atoms with van der Waals surface area (Å²) in [5.74, 6) is 0.728. The van der Waals surface area contributed by atoms with Crippen LogP contribution in [-0.4, -0.2) is 26.2 Å². The van der Waals surface area contributed by atoms with Crippen molar-refractivity contribution in [3.05, 3.63) is 42.6 Å². The molecule has 1 aliphatic carbocycles. The molecule has 1 aromatic carbocycles. The van der Waals surface area contributed by atoms with Gasteiger partial charge in [0.1, 0.15) is 5.03 Å². The van der Waals surface area contributed by atoms with Gasteiger partial charge in [-0.3, -0.25) is 0 Å². The Balaban J connectivity index is 1.51. The molecule has 0 saturated heterocycles. The molecule has 1 saturated carbocycles. The molecule has 1 fully saturated rings. The highest BCUT2D eigenvalue weighted by molar-refractivity contribution is 8.01. The summed E-state index contributed by atoms with van der Waals surface area (Å²) >= 11 is 3.09. The van der Waals surface area contributed by atoms with Crippen LogP contribution < -0.4 is 5.32 Å². The maximum atomic E-state index is 4.59. The smallest absolute Gasteiger partial charge is 0.206 e. The summed E-state index contributed by atoms with van der Waals surface area (Å²) < 4.78 is 0.890. The van der Waals surface area contributed by atoms with Crippen LogP contribution in [0.1, 0.15) is 12.8 Å². The van der Waals surface area contributed by atoms with Crippen LogP contribution in [-0.2, 0) is 0 Å². The first-order chi connectivity index (χ1) is 10.9. The zero-order valence-corrected chi connectivity index (χ0v) is 13.3. The lowest BCUT2D eigenvalue weighted by atomic mass is 10.2. The molecule has 0 amide bonds. The van der Waals surface area contributed by atoms with Gasteiger partial charge in [0.2, 0.25) is 5.13 Å². The lowest BCUT2D eigenvalue weighted by Gasteiger charge is -2.01. The topological polar surface area (TPSA) is 63.6 Å². The molecule has 1 N–H and O–H groups in total. The fourth-order valence-corrected chi connectivity index (χ4v) is 3.66. The molecule has 0 radical (unpaired) electrons. The zero-order valence-electron chi connectivity index (χ0n) is 11.6. The average molecular weight is 327 g/mol. The van der Waals surface area contributed by atoms with Crippen LogP contribution in [0.5, 0.6) is 0 Å². The van der Waals surface area contributed by atoms with Crippen LogP contribution in [0.15, 0.2) is 52.0 Å². The van der Waals surface area contributed by atoms with Crippen molar-refractivity contribution in [2.45, 2.75) is 28.2 Å². The Bertz CT molecular complexity index is 770. The quantitative estimate of drug-likeness (QED) is 0.721. The Morgan fingerprint density at radius 3 is 2.77 bits per heavy atom. The number of anilines is 1. The van der Waals surface area contributed by atoms with Gasteiger partial charge < -0.3 is 5.32 Å². The van der Waals surface area contributed by atoms with E-state index in [0.717, 1.165) is 25.9 Å². The number of aromatic nitrogens is 4. The van der Waals surface area contributed by atoms with Crippen LogP contribution in [0.25, 0.3) is 11.4 Å². The van der Waals surface area contributed by atoms with Crippen molar-refractivity contribution in [2.75, 3.05) is 5.32 Å². The van der Waals surface area contributed by atoms with Gasteiger partial charge in [0.15, 0.2) is 10.2 Å². The molecular weight excluding hydrogens is 314 g/mol. The van der Waals surface area contributed by atoms with Crippen molar-refractivity contribution >= 4 is 28.2 Å². The number of hydrogen-bond acceptors (Lipinski definition) is 7. The van der Waals surface area contributed by atoms with E-state index in [4.69, 9.17) is 0 Å². The number of nitrogens with one attached hydrogen (secondary N) is 1. The van der Waals surface area contributed by atoms with E-state index < -0.39 is 0 Å². The highest BCUT2D eigenvalue weighted by Gasteiger charge is 2.22. The van der Waals surface area contributed by atoms with Gasteiger partial charge in [-0.1, -0.05) is 41.7 Å². The summed E-state index contributed by atoms with van der Waals surface area (Å²) in [5.41, 5.74) is 1.01. The van der Waals surface area contributed by atoms with Crippen molar-refractivity contribution < 1.29 is 0 Å². The van der Waals surface area contributed by atoms with Crippen molar-refractivity contribution in [1.82, 2.24) is 20.2 Å². The van der Waals surface area contributed by atoms with Gasteiger partial charge >= 0.3 is 0 Å². The summed E-state index contributed by atoms with van der Waals surface area (Å²) in [6.45, 7) is 0. The Morgan fingerprint density at radius 2 is 1.95 bits per heavy atom. The number of nitrogens with zero attached hydrogens (tertiary/aromatic N) is 4. The largest absolute Gasteiger partial charge is 0.357 e. The predicted octanol–water partition coefficient (Wildman–Crippen LogP) is 3.72. The van der Waals surface area contributed by atoms with Gasteiger partial charge in [-0.2, -0.15) is 0 Å². The third-order valence-electron chi connectivity index (χ3n) is 3.17. The van der Waals surface area contributed by atoms with Crippen LogP contribution in [0.3, 0.4) is 0 Å². The molecule has 110 valence electrons. The third kappa shape index (κ3) is 3.26. The van der Waals surface area contributed by atoms with E-state index in [1.54, 1.807) is 17.5 Å². The molecule has 0 aliphatic heterocycles. The summed E-state index contributed by atoms with van der Waals surface area (Å²) in [4.78, 5) is 8.93. The summed E-state index contributed by atoms with van der Waals surface area (Å²) in [5, 5.41) is 13.5. The number of rotatable bonds is 5. The van der Waals surface area contributed by atoms with Crippen molar-refractivity contribution in [3.8, 4) is 11.4 Å². The van der Waals surface area contributed by atoms with Gasteiger partial charge in [0.05, 0.1) is 0 Å². The molecule has 3 aromatic rings. The minimum absolute atomic E-state index is 0.592. The second-order valence-electron chi connectivity index (χ2n) is 4.98. The highest BCUT2D eigenvalue weighted by Crippen LogP contribution is 2.33. The van der Waals surface area contributed by atoms with E-state index in [2.05, 4.69) is 25.5 Å². The summed E-state index contributed by atoms with van der Waals surface area (Å²) in [7, 11) is 0. The van der Waals surface area contributed by atoms with Crippen LogP contribution in [0, 0.1) is 0 Å². The average Bonchev–Trinajstić information content (AvgIpc) is 3.27. The molecule has 0 atom stereocenters. The number of benzene rings is 1. The molecule has 22 heavy (non-hydrogen) atoms. The van der Waals surface area contributed by atoms with Crippen LogP contribution in [0.2, 0.25) is 0 Å². The van der Waals surface area contributed by atoms with E-state index in [9.17, 15) is 0 Å². The standard InChI is InChI=1S/C15H13N5S2/c1-2-4-10(5-3-1)13-16-9-8-12(18-13)21-15-20-19-14(22-15)17-11-6-7-11/h1-5,8-9,11H,6-7H2,(H,17,19). The maximum Gasteiger partial charge on any atom is 0.206 e.